The van der Waals surface area contributed by atoms with Gasteiger partial charge >= 0.3 is 0 Å². The van der Waals surface area contributed by atoms with Crippen molar-refractivity contribution in [3.8, 4) is 0 Å². The average Bonchev–Trinajstić information content (AvgIpc) is 2.44. The molecule has 2 aromatic heterocycles. The summed E-state index contributed by atoms with van der Waals surface area (Å²) in [7, 11) is 0. The van der Waals surface area contributed by atoms with Gasteiger partial charge in [0.25, 0.3) is 0 Å². The van der Waals surface area contributed by atoms with Gasteiger partial charge in [-0.3, -0.25) is 0 Å². The van der Waals surface area contributed by atoms with Crippen LogP contribution in [0.2, 0.25) is 0 Å². The number of pyridine rings is 1. The van der Waals surface area contributed by atoms with Gasteiger partial charge in [0.2, 0.25) is 0 Å². The summed E-state index contributed by atoms with van der Waals surface area (Å²) in [4.78, 5) is 11.7. The van der Waals surface area contributed by atoms with Gasteiger partial charge in [0.05, 0.1) is 5.52 Å². The van der Waals surface area contributed by atoms with Gasteiger partial charge < -0.3 is 4.98 Å². The molecule has 0 saturated heterocycles. The van der Waals surface area contributed by atoms with Crippen LogP contribution < -0.4 is 0 Å². The maximum Gasteiger partial charge on any atom is 0.177 e. The highest BCUT2D eigenvalue weighted by atomic mass is 79.9. The molecule has 0 bridgehead atoms. The van der Waals surface area contributed by atoms with E-state index in [-0.39, 0.29) is 0 Å². The van der Waals surface area contributed by atoms with Crippen molar-refractivity contribution in [3.05, 3.63) is 23.7 Å². The van der Waals surface area contributed by atoms with E-state index in [9.17, 15) is 0 Å². The maximum absolute atomic E-state index is 4.26. The Labute approximate surface area is 84.7 Å². The number of hydrogen-bond acceptors (Lipinski definition) is 2. The molecule has 0 saturated carbocycles. The molecule has 1 N–H and O–H groups in total. The Morgan fingerprint density at radius 2 is 2.38 bits per heavy atom. The van der Waals surface area contributed by atoms with E-state index < -0.39 is 0 Å². The van der Waals surface area contributed by atoms with Gasteiger partial charge in [-0.1, -0.05) is 15.9 Å². The predicted octanol–water partition coefficient (Wildman–Crippen LogP) is 2.20. The fourth-order valence-corrected chi connectivity index (χ4v) is 1.77. The van der Waals surface area contributed by atoms with E-state index in [1.54, 1.807) is 0 Å². The van der Waals surface area contributed by atoms with Crippen molar-refractivity contribution in [3.63, 3.8) is 0 Å². The van der Waals surface area contributed by atoms with Crippen molar-refractivity contribution in [2.24, 2.45) is 0 Å². The van der Waals surface area contributed by atoms with Crippen molar-refractivity contribution in [1.82, 2.24) is 15.0 Å². The number of nitrogens with one attached hydrogen (secondary N) is 1. The number of imidazole rings is 1. The zero-order valence-electron chi connectivity index (χ0n) is 7.34. The summed E-state index contributed by atoms with van der Waals surface area (Å²) in [6.45, 7) is 1.94. The van der Waals surface area contributed by atoms with Crippen LogP contribution >= 0.6 is 15.9 Å². The van der Waals surface area contributed by atoms with Gasteiger partial charge in [0.1, 0.15) is 5.82 Å². The standard InChI is InChI=1S/C9H10BrN3/c1-6-12-8-4-7(2-3-10)5-11-9(8)13-6/h4-5H,2-3H2,1H3,(H,11,12,13). The lowest BCUT2D eigenvalue weighted by Gasteiger charge is -1.95. The summed E-state index contributed by atoms with van der Waals surface area (Å²) in [6.07, 6.45) is 2.88. The van der Waals surface area contributed by atoms with Gasteiger partial charge in [-0.2, -0.15) is 0 Å². The molecule has 2 heterocycles. The minimum absolute atomic E-state index is 0.802. The summed E-state index contributed by atoms with van der Waals surface area (Å²) >= 11 is 3.40. The van der Waals surface area contributed by atoms with Gasteiger partial charge in [-0.25, -0.2) is 9.97 Å². The number of aryl methyl sites for hydroxylation is 2. The number of nitrogens with zero attached hydrogens (tertiary/aromatic N) is 2. The van der Waals surface area contributed by atoms with Crippen LogP contribution in [0.25, 0.3) is 11.2 Å². The molecule has 0 aliphatic carbocycles. The molecule has 0 atom stereocenters. The second-order valence-electron chi connectivity index (χ2n) is 2.98. The summed E-state index contributed by atoms with van der Waals surface area (Å²) in [5, 5.41) is 0.966. The van der Waals surface area contributed by atoms with Crippen LogP contribution in [-0.4, -0.2) is 20.3 Å². The number of fused-ring (bicyclic) bond motifs is 1. The number of aromatic nitrogens is 3. The fourth-order valence-electron chi connectivity index (χ4n) is 1.31. The van der Waals surface area contributed by atoms with Crippen molar-refractivity contribution in [1.29, 1.82) is 0 Å². The predicted molar refractivity (Wildman–Crippen MR) is 56.1 cm³/mol. The minimum atomic E-state index is 0.802. The molecular formula is C9H10BrN3. The van der Waals surface area contributed by atoms with Gasteiger partial charge in [-0.05, 0) is 25.0 Å². The first-order valence-electron chi connectivity index (χ1n) is 4.17. The third kappa shape index (κ3) is 1.72. The lowest BCUT2D eigenvalue weighted by atomic mass is 10.2. The molecule has 0 aliphatic heterocycles. The zero-order chi connectivity index (χ0) is 9.26. The molecule has 0 amide bonds. The lowest BCUT2D eigenvalue weighted by Crippen LogP contribution is -1.87. The summed E-state index contributed by atoms with van der Waals surface area (Å²) in [5.41, 5.74) is 3.06. The van der Waals surface area contributed by atoms with E-state index in [0.29, 0.717) is 0 Å². The van der Waals surface area contributed by atoms with Crippen LogP contribution in [0.5, 0.6) is 0 Å². The summed E-state index contributed by atoms with van der Waals surface area (Å²) < 4.78 is 0. The van der Waals surface area contributed by atoms with Crippen molar-refractivity contribution in [2.45, 2.75) is 13.3 Å². The normalized spacial score (nSPS) is 10.9. The number of rotatable bonds is 2. The molecule has 0 fully saturated rings. The molecule has 13 heavy (non-hydrogen) atoms. The fraction of sp³-hybridized carbons (Fsp3) is 0.333. The zero-order valence-corrected chi connectivity index (χ0v) is 8.93. The molecule has 0 radical (unpaired) electrons. The first-order chi connectivity index (χ1) is 6.29. The highest BCUT2D eigenvalue weighted by Gasteiger charge is 2.01. The third-order valence-electron chi connectivity index (χ3n) is 1.90. The van der Waals surface area contributed by atoms with Crippen LogP contribution in [0.1, 0.15) is 11.4 Å². The van der Waals surface area contributed by atoms with Crippen LogP contribution in [0.4, 0.5) is 0 Å². The Morgan fingerprint density at radius 3 is 3.15 bits per heavy atom. The monoisotopic (exact) mass is 239 g/mol. The van der Waals surface area contributed by atoms with Gasteiger partial charge in [0, 0.05) is 11.5 Å². The molecule has 2 rings (SSSR count). The first kappa shape index (κ1) is 8.69. The number of alkyl halides is 1. The number of halogens is 1. The molecule has 2 aromatic rings. The number of H-pyrrole nitrogens is 1. The molecule has 0 aliphatic rings. The van der Waals surface area contributed by atoms with Crippen LogP contribution in [0.15, 0.2) is 12.3 Å². The Balaban J connectivity index is 2.48. The Bertz CT molecular complexity index is 422. The Kier molecular flexibility index (Phi) is 2.31. The second-order valence-corrected chi connectivity index (χ2v) is 3.77. The highest BCUT2D eigenvalue weighted by molar-refractivity contribution is 9.09. The summed E-state index contributed by atoms with van der Waals surface area (Å²) in [5.74, 6) is 0.915. The van der Waals surface area contributed by atoms with E-state index in [1.165, 1.54) is 5.56 Å². The Morgan fingerprint density at radius 1 is 1.54 bits per heavy atom. The molecule has 4 heteroatoms. The largest absolute Gasteiger partial charge is 0.341 e. The van der Waals surface area contributed by atoms with Crippen LogP contribution in [0, 0.1) is 6.92 Å². The topological polar surface area (TPSA) is 41.6 Å². The van der Waals surface area contributed by atoms with Gasteiger partial charge in [-0.15, -0.1) is 0 Å². The number of aromatic amines is 1. The minimum Gasteiger partial charge on any atom is -0.341 e. The molecule has 68 valence electrons. The molecule has 3 nitrogen and oxygen atoms in total. The maximum atomic E-state index is 4.26. The molecule has 0 unspecified atom stereocenters. The first-order valence-corrected chi connectivity index (χ1v) is 5.29. The smallest absolute Gasteiger partial charge is 0.177 e. The van der Waals surface area contributed by atoms with Crippen molar-refractivity contribution >= 4 is 27.1 Å². The van der Waals surface area contributed by atoms with Crippen LogP contribution in [-0.2, 0) is 6.42 Å². The quantitative estimate of drug-likeness (QED) is 0.817. The van der Waals surface area contributed by atoms with E-state index in [4.69, 9.17) is 0 Å². The SMILES string of the molecule is Cc1nc2ncc(CCBr)cc2[nH]1. The molecule has 0 aromatic carbocycles. The van der Waals surface area contributed by atoms with Crippen LogP contribution in [0.3, 0.4) is 0 Å². The highest BCUT2D eigenvalue weighted by Crippen LogP contribution is 2.11. The Hall–Kier alpha value is -0.900. The van der Waals surface area contributed by atoms with E-state index in [0.717, 1.165) is 28.7 Å². The van der Waals surface area contributed by atoms with Gasteiger partial charge in [0.15, 0.2) is 5.65 Å². The lowest BCUT2D eigenvalue weighted by molar-refractivity contribution is 1.14. The average molecular weight is 240 g/mol. The second kappa shape index (κ2) is 3.46. The summed E-state index contributed by atoms with van der Waals surface area (Å²) in [6, 6.07) is 2.10. The number of hydrogen-bond donors (Lipinski definition) is 1. The third-order valence-corrected chi connectivity index (χ3v) is 2.29. The van der Waals surface area contributed by atoms with Crippen molar-refractivity contribution in [2.75, 3.05) is 5.33 Å². The molecule has 0 spiro atoms. The van der Waals surface area contributed by atoms with E-state index in [2.05, 4.69) is 36.9 Å². The molecular weight excluding hydrogens is 230 g/mol. The van der Waals surface area contributed by atoms with E-state index >= 15 is 0 Å². The van der Waals surface area contributed by atoms with Crippen molar-refractivity contribution < 1.29 is 0 Å². The van der Waals surface area contributed by atoms with E-state index in [1.807, 2.05) is 13.1 Å².